The molecule has 0 aliphatic heterocycles. The molecule has 133 heavy (non-hydrogen) atoms. The Balaban J connectivity index is 0.000000257. The lowest BCUT2D eigenvalue weighted by atomic mass is 9.59. The summed E-state index contributed by atoms with van der Waals surface area (Å²) in [5, 5.41) is 7.90. The van der Waals surface area contributed by atoms with Crippen molar-refractivity contribution in [1.82, 2.24) is 0 Å². The summed E-state index contributed by atoms with van der Waals surface area (Å²) in [6.07, 6.45) is 27.4. The molecule has 0 heterocycles. The lowest BCUT2D eigenvalue weighted by Gasteiger charge is -2.48. The third-order valence-electron chi connectivity index (χ3n) is 35.6. The zero-order valence-corrected chi connectivity index (χ0v) is 98.3. The predicted octanol–water partition coefficient (Wildman–Crippen LogP) is 31.4. The van der Waals surface area contributed by atoms with Gasteiger partial charge in [0.25, 0.3) is 16.6 Å². The van der Waals surface area contributed by atoms with Crippen LogP contribution in [-0.4, -0.2) is 99.0 Å². The molecule has 12 atom stereocenters. The third-order valence-corrected chi connectivity index (χ3v) is 66.8. The van der Waals surface area contributed by atoms with E-state index < -0.39 is 57.0 Å². The fourth-order valence-corrected chi connectivity index (χ4v) is 39.1. The highest BCUT2D eigenvalue weighted by atomic mass is 31.2. The van der Waals surface area contributed by atoms with Gasteiger partial charge >= 0.3 is 0 Å². The van der Waals surface area contributed by atoms with Gasteiger partial charge < -0.3 is 35.9 Å². The van der Waals surface area contributed by atoms with Gasteiger partial charge in [0, 0.05) is 34.9 Å². The quantitative estimate of drug-likeness (QED) is 0.0174. The van der Waals surface area contributed by atoms with Crippen molar-refractivity contribution in [3.63, 3.8) is 0 Å². The van der Waals surface area contributed by atoms with Gasteiger partial charge in [0.05, 0.1) is 24.4 Å². The standard InChI is InChI=1S/C53H90O3Si3.C33H50O2Si.C32H51O3PSi2/c1-40(2)48(56-59(51(10,11)12,46-29-22-20-23-30-46)47-31-24-21-25-32-47)34-33-41(3)53(15)36-35-43(52(53,13)14)28-26-27-42-37-44(54-57(16,17)49(4,5)6)39-45(38-42)55-58(18,19)50(7,8)9;1-25(2)30(21-20-26(3)33(9)23-22-27(24-34)32(33,7)8)35-36(31(4,5)6,28-16-12-10-13-17-28)29-18-14-11-15-19-29;1-31(2,3)37(7,8)34-27-23-26(24-28(25-27)35-38(9,10)32(4,5)6)21-22-36(33,29-17-13-11-14-18-29)30-19-15-12-16-20-30/h20-32,40-41,43-45,48H,33-39H2,1-19H3;10-19,24-27,30H,20-23H2,1-9H3;11-21,27-28H,22-25H2,1-10H3/b28-26+;;/t41-,43+,44+,45+,48-,53+;26-,27-,30-,33+;27-,28-/m001/s1. The topological polar surface area (TPSA) is 89.5 Å². The second-order valence-electron chi connectivity index (χ2n) is 51.7. The molecule has 0 unspecified atom stereocenters. The van der Waals surface area contributed by atoms with Gasteiger partial charge in [-0.15, -0.1) is 0 Å². The van der Waals surface area contributed by atoms with Crippen LogP contribution in [0.2, 0.25) is 82.6 Å². The highest BCUT2D eigenvalue weighted by molar-refractivity contribution is 7.78. The van der Waals surface area contributed by atoms with Crippen LogP contribution in [0, 0.1) is 57.2 Å². The van der Waals surface area contributed by atoms with Gasteiger partial charge in [0.1, 0.15) is 13.4 Å². The molecule has 4 fully saturated rings. The van der Waals surface area contributed by atoms with Crippen LogP contribution in [0.4, 0.5) is 0 Å². The van der Waals surface area contributed by atoms with E-state index in [1.165, 1.54) is 57.4 Å². The molecular formula is C118H191O8PSi6. The summed E-state index contributed by atoms with van der Waals surface area (Å²) < 4.78 is 58.2. The van der Waals surface area contributed by atoms with Crippen molar-refractivity contribution in [2.75, 3.05) is 6.16 Å². The summed E-state index contributed by atoms with van der Waals surface area (Å²) in [4.78, 5) is 11.8. The Kier molecular flexibility index (Phi) is 38.3. The minimum atomic E-state index is -2.81. The monoisotopic (exact) mass is 1940 g/mol. The first-order chi connectivity index (χ1) is 61.2. The van der Waals surface area contributed by atoms with Crippen LogP contribution in [-0.2, 0) is 35.9 Å². The third kappa shape index (κ3) is 26.8. The van der Waals surface area contributed by atoms with E-state index in [4.69, 9.17) is 26.6 Å². The van der Waals surface area contributed by atoms with Crippen molar-refractivity contribution in [1.29, 1.82) is 0 Å². The maximum absolute atomic E-state index is 14.6. The lowest BCUT2D eigenvalue weighted by Crippen LogP contribution is -2.68. The van der Waals surface area contributed by atoms with E-state index in [9.17, 15) is 9.36 Å². The summed E-state index contributed by atoms with van der Waals surface area (Å²) in [5.41, 5.74) is 3.44. The molecule has 4 saturated carbocycles. The zero-order chi connectivity index (χ0) is 99.6. The van der Waals surface area contributed by atoms with Crippen molar-refractivity contribution in [2.45, 2.75) is 417 Å². The van der Waals surface area contributed by atoms with Gasteiger partial charge in [-0.1, -0.05) is 425 Å². The number of hydrogen-bond acceptors (Lipinski definition) is 8. The Morgan fingerprint density at radius 2 is 0.632 bits per heavy atom. The van der Waals surface area contributed by atoms with E-state index in [0.29, 0.717) is 35.8 Å². The van der Waals surface area contributed by atoms with Crippen LogP contribution in [0.5, 0.6) is 0 Å². The van der Waals surface area contributed by atoms with Crippen molar-refractivity contribution in [3.05, 3.63) is 217 Å². The first-order valence-electron chi connectivity index (χ1n) is 51.7. The molecule has 8 nitrogen and oxygen atoms in total. The van der Waals surface area contributed by atoms with Crippen LogP contribution in [0.1, 0.15) is 298 Å². The van der Waals surface area contributed by atoms with E-state index in [2.05, 4.69) is 406 Å². The Morgan fingerprint density at radius 1 is 0.368 bits per heavy atom. The second kappa shape index (κ2) is 44.8. The molecule has 10 rings (SSSR count). The number of carbonyl (C=O) groups is 1. The normalized spacial score (nSPS) is 23.2. The van der Waals surface area contributed by atoms with Crippen LogP contribution < -0.4 is 31.4 Å². The van der Waals surface area contributed by atoms with Crippen molar-refractivity contribution >= 4 is 94.7 Å². The van der Waals surface area contributed by atoms with E-state index >= 15 is 0 Å². The first kappa shape index (κ1) is 114. The summed E-state index contributed by atoms with van der Waals surface area (Å²) >= 11 is 0. The summed E-state index contributed by atoms with van der Waals surface area (Å²) in [6, 6.07) is 64.4. The molecule has 0 saturated heterocycles. The second-order valence-corrected chi connectivity index (χ2v) is 82.2. The van der Waals surface area contributed by atoms with Crippen molar-refractivity contribution in [3.8, 4) is 0 Å². The Hall–Kier alpha value is -4.50. The molecule has 6 aromatic carbocycles. The van der Waals surface area contributed by atoms with Gasteiger partial charge in [0.15, 0.2) is 33.3 Å². The number of benzene rings is 6. The number of aldehydes is 1. The average Bonchev–Trinajstić information content (AvgIpc) is 1.74. The number of carbonyl (C=O) groups excluding carboxylic acids is 1. The molecule has 0 aromatic heterocycles. The van der Waals surface area contributed by atoms with Gasteiger partial charge in [0.2, 0.25) is 0 Å². The van der Waals surface area contributed by atoms with E-state index in [-0.39, 0.29) is 94.4 Å². The van der Waals surface area contributed by atoms with E-state index in [1.807, 2.05) is 60.7 Å². The fraction of sp³-hybridized carbons (Fsp3) is 0.636. The molecule has 0 N–H and O–H groups in total. The summed E-state index contributed by atoms with van der Waals surface area (Å²) in [7, 11) is -15.7. The van der Waals surface area contributed by atoms with Crippen LogP contribution in [0.3, 0.4) is 0 Å². The molecule has 15 heteroatoms. The maximum Gasteiger partial charge on any atom is 0.261 e. The largest absolute Gasteiger partial charge is 0.414 e. The molecule has 0 bridgehead atoms. The lowest BCUT2D eigenvalue weighted by molar-refractivity contribution is -0.115. The molecule has 6 aromatic rings. The van der Waals surface area contributed by atoms with E-state index in [0.717, 1.165) is 81.2 Å². The Labute approximate surface area is 822 Å². The van der Waals surface area contributed by atoms with Crippen LogP contribution in [0.25, 0.3) is 0 Å². The van der Waals surface area contributed by atoms with E-state index in [1.54, 1.807) is 0 Å². The predicted molar refractivity (Wildman–Crippen MR) is 593 cm³/mol. The first-order valence-corrected chi connectivity index (χ1v) is 69.1. The number of hydrogen-bond donors (Lipinski definition) is 0. The smallest absolute Gasteiger partial charge is 0.261 e. The number of rotatable bonds is 33. The average molecular weight is 1940 g/mol. The molecular weight excluding hydrogens is 1740 g/mol. The fourth-order valence-electron chi connectivity index (χ4n) is 21.4. The molecule has 740 valence electrons. The van der Waals surface area contributed by atoms with Crippen LogP contribution >= 0.6 is 7.14 Å². The SMILES string of the molecule is CC(C)(C)[Si](C)(C)O[C@@H]1CC(=CCP(=O)(c2ccccc2)c2ccccc2)C[C@@H](O[Si](C)(C)C(C)(C)C)C1.CC(C)[C@H](CC[C@H](C)[C@@]1(C)CC[C@@H](/C=C/C=C2C[C@@H](O[Si](C)(C)C(C)(C)C)C[C@H](O[Si](C)(C)C(C)(C)C)C2)C1(C)C)O[Si](c1ccccc1)(c1ccccc1)C(C)(C)C.CC(C)[C@H](CC[C@H](C)[C@@]1(C)CC[C@@H](C=O)C1(C)C)O[Si](c1ccccc1)(c1ccccc1)C(C)(C)C. The van der Waals surface area contributed by atoms with Crippen molar-refractivity contribution < 1.29 is 35.9 Å². The minimum Gasteiger partial charge on any atom is -0.414 e. The summed E-state index contributed by atoms with van der Waals surface area (Å²) in [5.74, 6) is 2.67. The highest BCUT2D eigenvalue weighted by Gasteiger charge is 2.58. The molecule has 0 radical (unpaired) electrons. The van der Waals surface area contributed by atoms with Gasteiger partial charge in [-0.2, -0.15) is 0 Å². The Bertz CT molecular complexity index is 4530. The maximum atomic E-state index is 14.6. The molecule has 0 spiro atoms. The highest BCUT2D eigenvalue weighted by Crippen LogP contribution is 2.63. The van der Waals surface area contributed by atoms with Crippen LogP contribution in [0.15, 0.2) is 217 Å². The van der Waals surface area contributed by atoms with Gasteiger partial charge in [-0.3, -0.25) is 0 Å². The zero-order valence-electron chi connectivity index (χ0n) is 91.5. The van der Waals surface area contributed by atoms with Gasteiger partial charge in [-0.05, 0) is 244 Å². The molecule has 0 amide bonds. The molecule has 4 aliphatic carbocycles. The Morgan fingerprint density at radius 3 is 0.887 bits per heavy atom. The summed E-state index contributed by atoms with van der Waals surface area (Å²) in [6.45, 7) is 90.4. The minimum absolute atomic E-state index is 0.0228. The van der Waals surface area contributed by atoms with Crippen molar-refractivity contribution in [2.24, 2.45) is 57.2 Å². The number of allylic oxidation sites excluding steroid dienone is 4. The molecule has 4 aliphatic rings. The van der Waals surface area contributed by atoms with Gasteiger partial charge in [-0.25, -0.2) is 0 Å².